The largest absolute Gasteiger partial charge is 0.329 e. The highest BCUT2D eigenvalue weighted by atomic mass is 16.2. The molecule has 140 valence electrons. The summed E-state index contributed by atoms with van der Waals surface area (Å²) in [4.78, 5) is 16.8. The van der Waals surface area contributed by atoms with Gasteiger partial charge in [0.05, 0.1) is 32.2 Å². The molecule has 3 heteroatoms. The number of hydrogen-bond acceptors (Lipinski definition) is 1. The fourth-order valence-corrected chi connectivity index (χ4v) is 5.73. The first-order chi connectivity index (χ1) is 13.3. The molecule has 3 atom stereocenters. The smallest absolute Gasteiger partial charge is 0.254 e. The fraction of sp³-hybridized carbons (Fsp3) is 0.458. The number of carbonyl (C=O) groups is 1. The van der Waals surface area contributed by atoms with Crippen LogP contribution in [0.5, 0.6) is 0 Å². The molecule has 1 heterocycles. The average molecular weight is 362 g/mol. The second-order valence-corrected chi connectivity index (χ2v) is 8.68. The predicted molar refractivity (Wildman–Crippen MR) is 108 cm³/mol. The minimum Gasteiger partial charge on any atom is -0.329 e. The maximum absolute atomic E-state index is 12.9. The highest BCUT2D eigenvalue weighted by Crippen LogP contribution is 2.43. The third kappa shape index (κ3) is 3.29. The zero-order chi connectivity index (χ0) is 18.2. The van der Waals surface area contributed by atoms with Crippen LogP contribution in [0.25, 0.3) is 11.1 Å². The lowest BCUT2D eigenvalue weighted by molar-refractivity contribution is -0.932. The number of nitrogens with one attached hydrogen (secondary N) is 1. The van der Waals surface area contributed by atoms with Crippen LogP contribution < -0.4 is 4.90 Å². The minimum atomic E-state index is 0.196. The molecule has 27 heavy (non-hydrogen) atoms. The Labute approximate surface area is 162 Å². The number of amides is 1. The molecule has 0 radical (unpaired) electrons. The van der Waals surface area contributed by atoms with Crippen molar-refractivity contribution in [3.05, 3.63) is 60.2 Å². The SMILES string of the molecule is O=C(c1ccc(-c2ccccc2)cc1)N1CC[NH+]([C@@H]2C[C@H]3CC[C@@H]2C3)CC1. The predicted octanol–water partition coefficient (Wildman–Crippen LogP) is 2.88. The highest BCUT2D eigenvalue weighted by Gasteiger charge is 2.45. The van der Waals surface area contributed by atoms with Gasteiger partial charge in [0.15, 0.2) is 0 Å². The molecule has 2 aromatic carbocycles. The molecule has 0 aromatic heterocycles. The Morgan fingerprint density at radius 1 is 0.852 bits per heavy atom. The van der Waals surface area contributed by atoms with Gasteiger partial charge >= 0.3 is 0 Å². The van der Waals surface area contributed by atoms with E-state index in [1.807, 2.05) is 30.3 Å². The first-order valence-electron chi connectivity index (χ1n) is 10.6. The molecular formula is C24H29N2O+. The van der Waals surface area contributed by atoms with Gasteiger partial charge in [-0.25, -0.2) is 0 Å². The van der Waals surface area contributed by atoms with Gasteiger partial charge in [0.2, 0.25) is 0 Å². The van der Waals surface area contributed by atoms with Crippen molar-refractivity contribution in [2.75, 3.05) is 26.2 Å². The second kappa shape index (κ2) is 7.12. The van der Waals surface area contributed by atoms with Gasteiger partial charge in [-0.2, -0.15) is 0 Å². The quantitative estimate of drug-likeness (QED) is 0.893. The molecule has 1 aliphatic heterocycles. The van der Waals surface area contributed by atoms with Gasteiger partial charge in [-0.3, -0.25) is 4.79 Å². The van der Waals surface area contributed by atoms with Crippen LogP contribution in [0.2, 0.25) is 0 Å². The Morgan fingerprint density at radius 2 is 1.56 bits per heavy atom. The van der Waals surface area contributed by atoms with Crippen molar-refractivity contribution in [1.82, 2.24) is 4.90 Å². The molecule has 1 amide bonds. The molecule has 5 rings (SSSR count). The van der Waals surface area contributed by atoms with Crippen LogP contribution >= 0.6 is 0 Å². The molecule has 1 saturated heterocycles. The molecule has 3 fully saturated rings. The van der Waals surface area contributed by atoms with Gasteiger partial charge in [0.1, 0.15) is 0 Å². The number of hydrogen-bond donors (Lipinski definition) is 1. The second-order valence-electron chi connectivity index (χ2n) is 8.68. The topological polar surface area (TPSA) is 24.8 Å². The van der Waals surface area contributed by atoms with E-state index in [1.165, 1.54) is 31.2 Å². The van der Waals surface area contributed by atoms with E-state index < -0.39 is 0 Å². The average Bonchev–Trinajstić information content (AvgIpc) is 3.38. The summed E-state index contributed by atoms with van der Waals surface area (Å²) in [7, 11) is 0. The van der Waals surface area contributed by atoms with Crippen molar-refractivity contribution in [3.63, 3.8) is 0 Å². The third-order valence-corrected chi connectivity index (χ3v) is 7.19. The van der Waals surface area contributed by atoms with E-state index in [1.54, 1.807) is 4.90 Å². The Balaban J connectivity index is 1.21. The molecule has 1 N–H and O–H groups in total. The van der Waals surface area contributed by atoms with Crippen molar-refractivity contribution in [2.45, 2.75) is 31.7 Å². The molecule has 3 nitrogen and oxygen atoms in total. The molecule has 3 aliphatic rings. The van der Waals surface area contributed by atoms with E-state index in [2.05, 4.69) is 29.2 Å². The van der Waals surface area contributed by atoms with E-state index in [9.17, 15) is 4.79 Å². The van der Waals surface area contributed by atoms with Gasteiger partial charge in [-0.15, -0.1) is 0 Å². The third-order valence-electron chi connectivity index (χ3n) is 7.19. The summed E-state index contributed by atoms with van der Waals surface area (Å²) in [5.41, 5.74) is 3.18. The van der Waals surface area contributed by atoms with Gasteiger partial charge in [-0.05, 0) is 48.4 Å². The van der Waals surface area contributed by atoms with Gasteiger partial charge in [0, 0.05) is 17.9 Å². The molecule has 0 unspecified atom stereocenters. The van der Waals surface area contributed by atoms with Gasteiger partial charge in [-0.1, -0.05) is 42.5 Å². The van der Waals surface area contributed by atoms with Crippen LogP contribution in [0, 0.1) is 11.8 Å². The standard InChI is InChI=1S/C24H28N2O/c27-24(21-10-8-20(9-11-21)19-4-2-1-3-5-19)26-14-12-25(13-15-26)23-17-18-6-7-22(23)16-18/h1-5,8-11,18,22-23H,6-7,12-17H2/p+1/t18-,22+,23+/m0/s1. The van der Waals surface area contributed by atoms with E-state index in [0.29, 0.717) is 0 Å². The maximum Gasteiger partial charge on any atom is 0.254 e. The highest BCUT2D eigenvalue weighted by molar-refractivity contribution is 5.94. The van der Waals surface area contributed by atoms with Crippen LogP contribution in [0.4, 0.5) is 0 Å². The fourth-order valence-electron chi connectivity index (χ4n) is 5.73. The van der Waals surface area contributed by atoms with E-state index in [-0.39, 0.29) is 5.91 Å². The monoisotopic (exact) mass is 361 g/mol. The normalized spacial score (nSPS) is 27.9. The van der Waals surface area contributed by atoms with Crippen molar-refractivity contribution in [2.24, 2.45) is 11.8 Å². The van der Waals surface area contributed by atoms with Gasteiger partial charge < -0.3 is 9.80 Å². The number of piperazine rings is 1. The lowest BCUT2D eigenvalue weighted by Gasteiger charge is -2.38. The van der Waals surface area contributed by atoms with Crippen molar-refractivity contribution < 1.29 is 9.69 Å². The Kier molecular flexibility index (Phi) is 4.48. The minimum absolute atomic E-state index is 0.196. The van der Waals surface area contributed by atoms with E-state index in [4.69, 9.17) is 0 Å². The number of rotatable bonds is 3. The van der Waals surface area contributed by atoms with Crippen LogP contribution in [0.15, 0.2) is 54.6 Å². The van der Waals surface area contributed by atoms with Crippen LogP contribution in [0.3, 0.4) is 0 Å². The Hall–Kier alpha value is -2.13. The first-order valence-corrected chi connectivity index (χ1v) is 10.6. The zero-order valence-electron chi connectivity index (χ0n) is 15.9. The zero-order valence-corrected chi connectivity index (χ0v) is 15.9. The summed E-state index contributed by atoms with van der Waals surface area (Å²) in [6.45, 7) is 4.06. The summed E-state index contributed by atoms with van der Waals surface area (Å²) in [6, 6.07) is 19.3. The summed E-state index contributed by atoms with van der Waals surface area (Å²) in [5.74, 6) is 2.18. The van der Waals surface area contributed by atoms with Crippen molar-refractivity contribution in [3.8, 4) is 11.1 Å². The molecule has 0 spiro atoms. The molecule has 2 aromatic rings. The van der Waals surface area contributed by atoms with Crippen LogP contribution in [-0.4, -0.2) is 43.0 Å². The van der Waals surface area contributed by atoms with Crippen LogP contribution in [-0.2, 0) is 0 Å². The molecule has 2 saturated carbocycles. The lowest BCUT2D eigenvalue weighted by Crippen LogP contribution is -3.18. The van der Waals surface area contributed by atoms with Crippen LogP contribution in [0.1, 0.15) is 36.0 Å². The number of quaternary nitrogens is 1. The molecule has 2 bridgehead atoms. The maximum atomic E-state index is 12.9. The molecular weight excluding hydrogens is 332 g/mol. The Bertz CT molecular complexity index is 793. The number of carbonyl (C=O) groups excluding carboxylic acids is 1. The number of fused-ring (bicyclic) bond motifs is 2. The summed E-state index contributed by atoms with van der Waals surface area (Å²) >= 11 is 0. The lowest BCUT2D eigenvalue weighted by atomic mass is 9.93. The van der Waals surface area contributed by atoms with Crippen molar-refractivity contribution in [1.29, 1.82) is 0 Å². The van der Waals surface area contributed by atoms with Crippen molar-refractivity contribution >= 4 is 5.91 Å². The molecule has 2 aliphatic carbocycles. The Morgan fingerprint density at radius 3 is 2.19 bits per heavy atom. The van der Waals surface area contributed by atoms with E-state index >= 15 is 0 Å². The first kappa shape index (κ1) is 17.0. The summed E-state index contributed by atoms with van der Waals surface area (Å²) in [5, 5.41) is 0. The summed E-state index contributed by atoms with van der Waals surface area (Å²) < 4.78 is 0. The summed E-state index contributed by atoms with van der Waals surface area (Å²) in [6.07, 6.45) is 5.84. The van der Waals surface area contributed by atoms with E-state index in [0.717, 1.165) is 55.2 Å². The number of benzene rings is 2. The number of nitrogens with zero attached hydrogens (tertiary/aromatic N) is 1. The van der Waals surface area contributed by atoms with Gasteiger partial charge in [0.25, 0.3) is 5.91 Å².